The zero-order valence-corrected chi connectivity index (χ0v) is 13.6. The van der Waals surface area contributed by atoms with E-state index in [-0.39, 0.29) is 30.5 Å². The number of hydrogen-bond donors (Lipinski definition) is 1. The van der Waals surface area contributed by atoms with Crippen molar-refractivity contribution in [3.05, 3.63) is 59.7 Å². The van der Waals surface area contributed by atoms with Crippen LogP contribution in [0, 0.1) is 11.6 Å². The second-order valence-electron chi connectivity index (χ2n) is 5.37. The summed E-state index contributed by atoms with van der Waals surface area (Å²) in [6, 6.07) is 10.00. The number of nitrogens with zero attached hydrogens (tertiary/aromatic N) is 1. The normalized spacial score (nSPS) is 16.9. The Morgan fingerprint density at radius 3 is 2.29 bits per heavy atom. The number of amides is 1. The van der Waals surface area contributed by atoms with E-state index in [0.29, 0.717) is 18.7 Å². The summed E-state index contributed by atoms with van der Waals surface area (Å²) in [6.45, 7) is 0.381. The van der Waals surface area contributed by atoms with Crippen LogP contribution in [0.3, 0.4) is 0 Å². The van der Waals surface area contributed by atoms with Crippen molar-refractivity contribution in [1.29, 1.82) is 0 Å². The van der Waals surface area contributed by atoms with Crippen molar-refractivity contribution in [2.24, 2.45) is 5.73 Å². The lowest BCUT2D eigenvalue weighted by Gasteiger charge is -2.16. The quantitative estimate of drug-likeness (QED) is 0.918. The Morgan fingerprint density at radius 1 is 1.12 bits per heavy atom. The predicted molar refractivity (Wildman–Crippen MR) is 89.3 cm³/mol. The lowest BCUT2D eigenvalue weighted by molar-refractivity contribution is -0.118. The second kappa shape index (κ2) is 7.59. The van der Waals surface area contributed by atoms with E-state index in [4.69, 9.17) is 10.5 Å². The van der Waals surface area contributed by atoms with Crippen LogP contribution in [-0.4, -0.2) is 18.5 Å². The van der Waals surface area contributed by atoms with Crippen molar-refractivity contribution >= 4 is 24.0 Å². The van der Waals surface area contributed by atoms with Crippen LogP contribution in [0.25, 0.3) is 0 Å². The van der Waals surface area contributed by atoms with E-state index < -0.39 is 17.7 Å². The van der Waals surface area contributed by atoms with E-state index in [1.807, 2.05) is 0 Å². The molecule has 1 saturated heterocycles. The molecule has 4 nitrogen and oxygen atoms in total. The summed E-state index contributed by atoms with van der Waals surface area (Å²) in [5.74, 6) is -0.920. The van der Waals surface area contributed by atoms with Crippen LogP contribution in [0.15, 0.2) is 42.5 Å². The first-order valence-electron chi connectivity index (χ1n) is 7.29. The van der Waals surface area contributed by atoms with Gasteiger partial charge in [-0.3, -0.25) is 4.79 Å². The molecule has 1 amide bonds. The summed E-state index contributed by atoms with van der Waals surface area (Å²) in [5.41, 5.74) is 6.30. The molecule has 0 bridgehead atoms. The van der Waals surface area contributed by atoms with E-state index in [0.717, 1.165) is 5.69 Å². The van der Waals surface area contributed by atoms with Gasteiger partial charge in [-0.1, -0.05) is 6.07 Å². The molecular formula is C17H17ClF2N2O2. The van der Waals surface area contributed by atoms with Crippen molar-refractivity contribution < 1.29 is 18.3 Å². The van der Waals surface area contributed by atoms with E-state index in [1.54, 1.807) is 29.2 Å². The largest absolute Gasteiger partial charge is 0.489 e. The van der Waals surface area contributed by atoms with Gasteiger partial charge in [0.05, 0.1) is 11.6 Å². The number of benzene rings is 2. The van der Waals surface area contributed by atoms with Gasteiger partial charge in [0, 0.05) is 12.2 Å². The number of rotatable bonds is 4. The van der Waals surface area contributed by atoms with Crippen molar-refractivity contribution in [2.45, 2.75) is 19.1 Å². The van der Waals surface area contributed by atoms with Crippen LogP contribution in [0.1, 0.15) is 12.0 Å². The fourth-order valence-electron chi connectivity index (χ4n) is 2.51. The molecule has 2 aromatic rings. The molecule has 0 radical (unpaired) electrons. The monoisotopic (exact) mass is 354 g/mol. The molecule has 7 heteroatoms. The van der Waals surface area contributed by atoms with Gasteiger partial charge in [0.25, 0.3) is 0 Å². The van der Waals surface area contributed by atoms with E-state index >= 15 is 0 Å². The fraction of sp³-hybridized carbons (Fsp3) is 0.235. The highest BCUT2D eigenvalue weighted by Gasteiger charge is 2.29. The number of halogens is 3. The van der Waals surface area contributed by atoms with Crippen molar-refractivity contribution in [3.63, 3.8) is 0 Å². The van der Waals surface area contributed by atoms with E-state index in [9.17, 15) is 13.6 Å². The van der Waals surface area contributed by atoms with Crippen molar-refractivity contribution in [1.82, 2.24) is 0 Å². The third kappa shape index (κ3) is 3.66. The van der Waals surface area contributed by atoms with Crippen LogP contribution in [0.2, 0.25) is 0 Å². The molecule has 1 atom stereocenters. The Balaban J connectivity index is 0.00000208. The van der Waals surface area contributed by atoms with Crippen molar-refractivity contribution in [3.8, 4) is 5.75 Å². The number of carbonyl (C=O) groups excluding carboxylic acids is 1. The summed E-state index contributed by atoms with van der Waals surface area (Å²) in [7, 11) is 0. The molecule has 0 aliphatic carbocycles. The summed E-state index contributed by atoms with van der Waals surface area (Å²) in [5, 5.41) is 0. The first-order valence-corrected chi connectivity index (χ1v) is 7.29. The first kappa shape index (κ1) is 18.2. The zero-order valence-electron chi connectivity index (χ0n) is 12.7. The fourth-order valence-corrected chi connectivity index (χ4v) is 2.51. The van der Waals surface area contributed by atoms with Crippen LogP contribution in [0.5, 0.6) is 5.75 Å². The lowest BCUT2D eigenvalue weighted by atomic mass is 10.2. The molecule has 1 aliphatic heterocycles. The smallest absolute Gasteiger partial charge is 0.243 e. The third-order valence-electron chi connectivity index (χ3n) is 3.84. The third-order valence-corrected chi connectivity index (χ3v) is 3.84. The number of anilines is 1. The summed E-state index contributed by atoms with van der Waals surface area (Å²) < 4.78 is 32.5. The van der Waals surface area contributed by atoms with Gasteiger partial charge in [-0.2, -0.15) is 0 Å². The SMILES string of the molecule is Cl.NC1CCN(c2ccc(OCc3c(F)cccc3F)cc2)C1=O. The van der Waals surface area contributed by atoms with Gasteiger partial charge in [-0.25, -0.2) is 8.78 Å². The molecule has 24 heavy (non-hydrogen) atoms. The van der Waals surface area contributed by atoms with Gasteiger partial charge in [0.1, 0.15) is 24.0 Å². The van der Waals surface area contributed by atoms with Crippen molar-refractivity contribution in [2.75, 3.05) is 11.4 Å². The second-order valence-corrected chi connectivity index (χ2v) is 5.37. The van der Waals surface area contributed by atoms with E-state index in [2.05, 4.69) is 0 Å². The molecule has 2 N–H and O–H groups in total. The maximum absolute atomic E-state index is 13.5. The summed E-state index contributed by atoms with van der Waals surface area (Å²) in [6.07, 6.45) is 0.629. The molecule has 0 aromatic heterocycles. The summed E-state index contributed by atoms with van der Waals surface area (Å²) in [4.78, 5) is 13.5. The predicted octanol–water partition coefficient (Wildman–Crippen LogP) is 3.03. The maximum Gasteiger partial charge on any atom is 0.243 e. The minimum atomic E-state index is -0.640. The summed E-state index contributed by atoms with van der Waals surface area (Å²) >= 11 is 0. The highest BCUT2D eigenvalue weighted by atomic mass is 35.5. The molecule has 0 spiro atoms. The Morgan fingerprint density at radius 2 is 1.75 bits per heavy atom. The molecule has 128 valence electrons. The topological polar surface area (TPSA) is 55.6 Å². The van der Waals surface area contributed by atoms with Gasteiger partial charge < -0.3 is 15.4 Å². The van der Waals surface area contributed by atoms with Crippen LogP contribution >= 0.6 is 12.4 Å². The number of ether oxygens (including phenoxy) is 1. The average molecular weight is 355 g/mol. The Hall–Kier alpha value is -2.18. The zero-order chi connectivity index (χ0) is 16.4. The molecule has 0 saturated carbocycles. The standard InChI is InChI=1S/C17H16F2N2O2.ClH/c18-14-2-1-3-15(19)13(14)10-23-12-6-4-11(5-7-12)21-9-8-16(20)17(21)22;/h1-7,16H,8-10,20H2;1H. The molecule has 3 rings (SSSR count). The molecule has 1 unspecified atom stereocenters. The molecule has 1 aliphatic rings. The van der Waals surface area contributed by atoms with Crippen LogP contribution in [0.4, 0.5) is 14.5 Å². The highest BCUT2D eigenvalue weighted by molar-refractivity contribution is 5.99. The molecule has 2 aromatic carbocycles. The Kier molecular flexibility index (Phi) is 5.75. The minimum absolute atomic E-state index is 0. The van der Waals surface area contributed by atoms with E-state index in [1.165, 1.54) is 18.2 Å². The average Bonchev–Trinajstić information content (AvgIpc) is 2.87. The maximum atomic E-state index is 13.5. The number of carbonyl (C=O) groups is 1. The van der Waals surface area contributed by atoms with Crippen LogP contribution in [-0.2, 0) is 11.4 Å². The van der Waals surface area contributed by atoms with Gasteiger partial charge in [-0.05, 0) is 42.8 Å². The molecular weight excluding hydrogens is 338 g/mol. The first-order chi connectivity index (χ1) is 11.1. The Labute approximate surface area is 144 Å². The molecule has 1 heterocycles. The van der Waals surface area contributed by atoms with Crippen LogP contribution < -0.4 is 15.4 Å². The number of nitrogens with two attached hydrogens (primary N) is 1. The Bertz CT molecular complexity index is 705. The number of hydrogen-bond acceptors (Lipinski definition) is 3. The lowest BCUT2D eigenvalue weighted by Crippen LogP contribution is -2.33. The van der Waals surface area contributed by atoms with Gasteiger partial charge in [0.2, 0.25) is 5.91 Å². The van der Waals surface area contributed by atoms with Gasteiger partial charge in [0.15, 0.2) is 0 Å². The molecule has 1 fully saturated rings. The van der Waals surface area contributed by atoms with Gasteiger partial charge >= 0.3 is 0 Å². The minimum Gasteiger partial charge on any atom is -0.489 e. The highest BCUT2D eigenvalue weighted by Crippen LogP contribution is 2.24. The van der Waals surface area contributed by atoms with Gasteiger partial charge in [-0.15, -0.1) is 12.4 Å².